The number of nitrogens with zero attached hydrogens (tertiary/aromatic N) is 3. The van der Waals surface area contributed by atoms with Gasteiger partial charge in [0.05, 0.1) is 24.1 Å². The van der Waals surface area contributed by atoms with E-state index in [-0.39, 0.29) is 41.1 Å². The second-order valence-electron chi connectivity index (χ2n) is 8.89. The van der Waals surface area contributed by atoms with Crippen LogP contribution in [-0.2, 0) is 17.0 Å². The predicted octanol–water partition coefficient (Wildman–Crippen LogP) is 7.21. The van der Waals surface area contributed by atoms with Crippen LogP contribution in [0.25, 0.3) is 23.2 Å². The van der Waals surface area contributed by atoms with E-state index in [0.717, 1.165) is 0 Å². The minimum absolute atomic E-state index is 0.00403. The number of alkyl halides is 3. The average Bonchev–Trinajstić information content (AvgIpc) is 3.22. The molecule has 0 bridgehead atoms. The quantitative estimate of drug-likeness (QED) is 0.276. The molecular weight excluding hydrogens is 625 g/mol. The fourth-order valence-corrected chi connectivity index (χ4v) is 4.90. The zero-order valence-electron chi connectivity index (χ0n) is 17.2. The number of halogens is 5. The first-order valence-corrected chi connectivity index (χ1v) is 11.2. The van der Waals surface area contributed by atoms with Gasteiger partial charge in [0.25, 0.3) is 0 Å². The second-order valence-corrected chi connectivity index (χ2v) is 11.0. The van der Waals surface area contributed by atoms with Crippen molar-refractivity contribution in [2.75, 3.05) is 0 Å². The van der Waals surface area contributed by atoms with Crippen LogP contribution in [0.4, 0.5) is 13.2 Å². The van der Waals surface area contributed by atoms with Gasteiger partial charge >= 0.3 is 6.18 Å². The number of pyridine rings is 1. The third-order valence-electron chi connectivity index (χ3n) is 4.31. The van der Waals surface area contributed by atoms with E-state index in [1.807, 2.05) is 41.5 Å². The summed E-state index contributed by atoms with van der Waals surface area (Å²) >= 11 is 3.28. The number of aromatic nitrogens is 3. The van der Waals surface area contributed by atoms with Gasteiger partial charge in [0.1, 0.15) is 23.9 Å². The van der Waals surface area contributed by atoms with Gasteiger partial charge in [0.15, 0.2) is 0 Å². The first kappa shape index (κ1) is 23.5. The second kappa shape index (κ2) is 7.75. The molecule has 0 unspecified atom stereocenters. The number of rotatable bonds is 2. The highest BCUT2D eigenvalue weighted by Gasteiger charge is 2.40. The summed E-state index contributed by atoms with van der Waals surface area (Å²) in [5, 5.41) is 0. The topological polar surface area (TPSA) is 65.0 Å². The zero-order chi connectivity index (χ0) is 22.6. The van der Waals surface area contributed by atoms with Gasteiger partial charge in [-0.05, 0) is 45.2 Å². The SMILES string of the molecule is CC(C)(C)c1coc(-c2nc(-c3nc(C(C)(C)C)co3)c(I)c(C(F)(F)F)c2I)n1. The van der Waals surface area contributed by atoms with Crippen molar-refractivity contribution in [3.8, 4) is 23.2 Å². The highest BCUT2D eigenvalue weighted by Crippen LogP contribution is 2.43. The summed E-state index contributed by atoms with van der Waals surface area (Å²) in [5.41, 5.74) is -0.208. The Morgan fingerprint density at radius 3 is 1.33 bits per heavy atom. The van der Waals surface area contributed by atoms with Crippen LogP contribution in [0.1, 0.15) is 58.5 Å². The van der Waals surface area contributed by atoms with Crippen molar-refractivity contribution in [3.05, 3.63) is 36.6 Å². The van der Waals surface area contributed by atoms with Crippen LogP contribution in [-0.4, -0.2) is 15.0 Å². The van der Waals surface area contributed by atoms with Gasteiger partial charge in [0, 0.05) is 10.8 Å². The molecule has 0 radical (unpaired) electrons. The molecule has 0 saturated heterocycles. The highest BCUT2D eigenvalue weighted by atomic mass is 127. The molecule has 3 rings (SSSR count). The molecule has 0 saturated carbocycles. The molecule has 3 aromatic rings. The molecule has 0 aliphatic carbocycles. The molecule has 3 heterocycles. The fourth-order valence-electron chi connectivity index (χ4n) is 2.53. The lowest BCUT2D eigenvalue weighted by Gasteiger charge is -2.16. The maximum Gasteiger partial charge on any atom is 0.418 e. The van der Waals surface area contributed by atoms with Crippen molar-refractivity contribution in [1.29, 1.82) is 0 Å². The molecule has 0 aliphatic rings. The molecular formula is C20H20F3I2N3O2. The molecule has 0 fully saturated rings. The smallest absolute Gasteiger partial charge is 0.418 e. The Kier molecular flexibility index (Phi) is 6.06. The largest absolute Gasteiger partial charge is 0.443 e. The van der Waals surface area contributed by atoms with Crippen LogP contribution >= 0.6 is 45.2 Å². The normalized spacial score (nSPS) is 13.2. The predicted molar refractivity (Wildman–Crippen MR) is 123 cm³/mol. The third-order valence-corrected chi connectivity index (χ3v) is 6.41. The lowest BCUT2D eigenvalue weighted by Crippen LogP contribution is -2.15. The molecule has 0 aliphatic heterocycles. The Hall–Kier alpha value is -1.18. The van der Waals surface area contributed by atoms with Crippen LogP contribution in [0.3, 0.4) is 0 Å². The monoisotopic (exact) mass is 645 g/mol. The number of hydrogen-bond donors (Lipinski definition) is 0. The lowest BCUT2D eigenvalue weighted by atomic mass is 9.93. The minimum Gasteiger partial charge on any atom is -0.443 e. The van der Waals surface area contributed by atoms with Gasteiger partial charge < -0.3 is 8.83 Å². The summed E-state index contributed by atoms with van der Waals surface area (Å²) in [5.74, 6) is 0.0464. The molecule has 0 spiro atoms. The summed E-state index contributed by atoms with van der Waals surface area (Å²) in [6, 6.07) is 0. The van der Waals surface area contributed by atoms with Gasteiger partial charge in [-0.25, -0.2) is 15.0 Å². The number of hydrogen-bond acceptors (Lipinski definition) is 5. The molecule has 5 nitrogen and oxygen atoms in total. The van der Waals surface area contributed by atoms with E-state index in [2.05, 4.69) is 15.0 Å². The van der Waals surface area contributed by atoms with Crippen LogP contribution in [0.5, 0.6) is 0 Å². The standard InChI is InChI=1S/C20H20F3I2N3O2/c1-18(2,3)9-7-29-16(26-9)14-12(24)11(20(21,22)23)13(25)15(28-14)17-27-10(8-30-17)19(4,5)6/h7-8H,1-6H3. The molecule has 30 heavy (non-hydrogen) atoms. The zero-order valence-corrected chi connectivity index (χ0v) is 21.5. The summed E-state index contributed by atoms with van der Waals surface area (Å²) in [7, 11) is 0. The Balaban J connectivity index is 2.28. The van der Waals surface area contributed by atoms with Gasteiger partial charge in [-0.15, -0.1) is 0 Å². The van der Waals surface area contributed by atoms with E-state index in [1.165, 1.54) is 12.5 Å². The number of oxazole rings is 2. The van der Waals surface area contributed by atoms with Crippen molar-refractivity contribution in [2.45, 2.75) is 58.5 Å². The molecule has 3 aromatic heterocycles. The third kappa shape index (κ3) is 4.53. The van der Waals surface area contributed by atoms with Crippen LogP contribution in [0.15, 0.2) is 21.4 Å². The van der Waals surface area contributed by atoms with Crippen molar-refractivity contribution in [3.63, 3.8) is 0 Å². The van der Waals surface area contributed by atoms with E-state index in [4.69, 9.17) is 8.83 Å². The van der Waals surface area contributed by atoms with E-state index < -0.39 is 11.7 Å². The van der Waals surface area contributed by atoms with E-state index in [1.54, 1.807) is 45.2 Å². The molecule has 162 valence electrons. The molecule has 0 atom stereocenters. The van der Waals surface area contributed by atoms with Gasteiger partial charge in [-0.1, -0.05) is 41.5 Å². The van der Waals surface area contributed by atoms with Gasteiger partial charge in [-0.2, -0.15) is 13.2 Å². The van der Waals surface area contributed by atoms with Crippen LogP contribution in [0, 0.1) is 7.14 Å². The maximum atomic E-state index is 14.0. The Morgan fingerprint density at radius 2 is 1.07 bits per heavy atom. The summed E-state index contributed by atoms with van der Waals surface area (Å²) < 4.78 is 52.7. The molecule has 10 heteroatoms. The van der Waals surface area contributed by atoms with E-state index in [9.17, 15) is 13.2 Å². The van der Waals surface area contributed by atoms with Crippen molar-refractivity contribution >= 4 is 45.2 Å². The van der Waals surface area contributed by atoms with Gasteiger partial charge in [0.2, 0.25) is 11.8 Å². The average molecular weight is 645 g/mol. The van der Waals surface area contributed by atoms with Gasteiger partial charge in [-0.3, -0.25) is 0 Å². The molecule has 0 aromatic carbocycles. The Labute approximate surface area is 199 Å². The van der Waals surface area contributed by atoms with Crippen LogP contribution in [0.2, 0.25) is 0 Å². The Bertz CT molecular complexity index is 1010. The minimum atomic E-state index is -4.60. The summed E-state index contributed by atoms with van der Waals surface area (Å²) in [6.07, 6.45) is -1.71. The highest BCUT2D eigenvalue weighted by molar-refractivity contribution is 14.1. The van der Waals surface area contributed by atoms with Crippen molar-refractivity contribution in [1.82, 2.24) is 15.0 Å². The van der Waals surface area contributed by atoms with Crippen molar-refractivity contribution in [2.24, 2.45) is 0 Å². The Morgan fingerprint density at radius 1 is 0.700 bits per heavy atom. The first-order valence-electron chi connectivity index (χ1n) is 8.99. The molecule has 0 N–H and O–H groups in total. The summed E-state index contributed by atoms with van der Waals surface area (Å²) in [6.45, 7) is 11.6. The van der Waals surface area contributed by atoms with E-state index in [0.29, 0.717) is 11.4 Å². The fraction of sp³-hybridized carbons (Fsp3) is 0.450. The summed E-state index contributed by atoms with van der Waals surface area (Å²) in [4.78, 5) is 13.2. The first-order chi connectivity index (χ1) is 13.6. The molecule has 0 amide bonds. The maximum absolute atomic E-state index is 14.0. The van der Waals surface area contributed by atoms with Crippen LogP contribution < -0.4 is 0 Å². The lowest BCUT2D eigenvalue weighted by molar-refractivity contribution is -0.139. The van der Waals surface area contributed by atoms with E-state index >= 15 is 0 Å². The van der Waals surface area contributed by atoms with Crippen molar-refractivity contribution < 1.29 is 22.0 Å².